The van der Waals surface area contributed by atoms with Gasteiger partial charge in [-0.15, -0.1) is 0 Å². The van der Waals surface area contributed by atoms with Crippen molar-refractivity contribution in [2.75, 3.05) is 13.1 Å². The maximum atomic E-state index is 12.5. The van der Waals surface area contributed by atoms with Crippen molar-refractivity contribution in [3.05, 3.63) is 52.7 Å². The summed E-state index contributed by atoms with van der Waals surface area (Å²) in [5, 5.41) is 4.02. The van der Waals surface area contributed by atoms with Gasteiger partial charge in [0.1, 0.15) is 17.5 Å². The van der Waals surface area contributed by atoms with Crippen LogP contribution in [0.1, 0.15) is 23.3 Å². The molecule has 1 saturated heterocycles. The normalized spacial score (nSPS) is 17.8. The van der Waals surface area contributed by atoms with Gasteiger partial charge in [-0.2, -0.15) is 5.10 Å². The molecule has 0 radical (unpaired) electrons. The minimum Gasteiger partial charge on any atom is -0.488 e. The number of aryl methyl sites for hydroxylation is 1. The molecule has 1 fully saturated rings. The second kappa shape index (κ2) is 6.60. The van der Waals surface area contributed by atoms with Crippen LogP contribution in [0.15, 0.2) is 41.5 Å². The van der Waals surface area contributed by atoms with E-state index < -0.39 is 0 Å². The molecule has 3 heterocycles. The standard InChI is InChI=1S/C16H18N4O3/c1-19-15(21)5-4-14(18-19)16(22)20-10-2-3-13(11-20)23-12-6-8-17-9-7-12/h4-9,13H,2-3,10-11H2,1H3/t13-/m1/s1. The van der Waals surface area contributed by atoms with Crippen LogP contribution in [0.25, 0.3) is 0 Å². The van der Waals surface area contributed by atoms with E-state index in [1.54, 1.807) is 29.4 Å². The molecule has 0 saturated carbocycles. The molecule has 0 unspecified atom stereocenters. The first-order valence-electron chi connectivity index (χ1n) is 7.54. The van der Waals surface area contributed by atoms with E-state index in [4.69, 9.17) is 4.74 Å². The van der Waals surface area contributed by atoms with E-state index in [1.165, 1.54) is 23.9 Å². The first kappa shape index (κ1) is 15.2. The van der Waals surface area contributed by atoms with Crippen molar-refractivity contribution in [3.63, 3.8) is 0 Å². The number of piperidine rings is 1. The summed E-state index contributed by atoms with van der Waals surface area (Å²) in [6, 6.07) is 6.43. The summed E-state index contributed by atoms with van der Waals surface area (Å²) in [6.07, 6.45) is 5.06. The molecule has 0 N–H and O–H groups in total. The first-order chi connectivity index (χ1) is 11.1. The number of rotatable bonds is 3. The molecule has 120 valence electrons. The van der Waals surface area contributed by atoms with Crippen LogP contribution in [0, 0.1) is 0 Å². The van der Waals surface area contributed by atoms with Gasteiger partial charge in [-0.1, -0.05) is 0 Å². The summed E-state index contributed by atoms with van der Waals surface area (Å²) >= 11 is 0. The largest absolute Gasteiger partial charge is 0.488 e. The Labute approximate surface area is 133 Å². The lowest BCUT2D eigenvalue weighted by atomic mass is 10.1. The monoisotopic (exact) mass is 314 g/mol. The van der Waals surface area contributed by atoms with Crippen molar-refractivity contribution < 1.29 is 9.53 Å². The van der Waals surface area contributed by atoms with Crippen LogP contribution in [0.2, 0.25) is 0 Å². The lowest BCUT2D eigenvalue weighted by Gasteiger charge is -2.32. The summed E-state index contributed by atoms with van der Waals surface area (Å²) in [5.41, 5.74) is 0.0377. The van der Waals surface area contributed by atoms with Crippen molar-refractivity contribution >= 4 is 5.91 Å². The van der Waals surface area contributed by atoms with Crippen molar-refractivity contribution in [2.24, 2.45) is 7.05 Å². The van der Waals surface area contributed by atoms with Gasteiger partial charge in [-0.05, 0) is 31.0 Å². The third-order valence-corrected chi connectivity index (χ3v) is 3.80. The maximum Gasteiger partial charge on any atom is 0.274 e. The number of nitrogens with zero attached hydrogens (tertiary/aromatic N) is 4. The van der Waals surface area contributed by atoms with Crippen LogP contribution in [0.5, 0.6) is 5.75 Å². The molecule has 3 rings (SSSR count). The number of carbonyl (C=O) groups excluding carboxylic acids is 1. The zero-order valence-corrected chi connectivity index (χ0v) is 12.9. The van der Waals surface area contributed by atoms with E-state index in [0.717, 1.165) is 18.6 Å². The topological polar surface area (TPSA) is 77.3 Å². The van der Waals surface area contributed by atoms with E-state index in [2.05, 4.69) is 10.1 Å². The minimum absolute atomic E-state index is 0.0531. The molecule has 2 aromatic rings. The summed E-state index contributed by atoms with van der Waals surface area (Å²) < 4.78 is 7.07. The van der Waals surface area contributed by atoms with Gasteiger partial charge in [0.05, 0.1) is 6.54 Å². The fourth-order valence-corrected chi connectivity index (χ4v) is 2.61. The van der Waals surface area contributed by atoms with Gasteiger partial charge in [-0.3, -0.25) is 14.6 Å². The Morgan fingerprint density at radius 2 is 2.04 bits per heavy atom. The van der Waals surface area contributed by atoms with Gasteiger partial charge < -0.3 is 9.64 Å². The van der Waals surface area contributed by atoms with Crippen LogP contribution in [0.4, 0.5) is 0 Å². The average Bonchev–Trinajstić information content (AvgIpc) is 2.58. The third-order valence-electron chi connectivity index (χ3n) is 3.80. The smallest absolute Gasteiger partial charge is 0.274 e. The molecule has 0 aliphatic carbocycles. The molecule has 7 nitrogen and oxygen atoms in total. The maximum absolute atomic E-state index is 12.5. The highest BCUT2D eigenvalue weighted by atomic mass is 16.5. The third kappa shape index (κ3) is 3.56. The van der Waals surface area contributed by atoms with Crippen LogP contribution in [-0.4, -0.2) is 44.8 Å². The zero-order chi connectivity index (χ0) is 16.2. The minimum atomic E-state index is -0.237. The number of hydrogen-bond acceptors (Lipinski definition) is 5. The van der Waals surface area contributed by atoms with E-state index in [-0.39, 0.29) is 23.3 Å². The number of hydrogen-bond donors (Lipinski definition) is 0. The highest BCUT2D eigenvalue weighted by molar-refractivity contribution is 5.92. The Morgan fingerprint density at radius 3 is 2.78 bits per heavy atom. The molecular weight excluding hydrogens is 296 g/mol. The molecule has 1 amide bonds. The summed E-state index contributed by atoms with van der Waals surface area (Å²) in [5.74, 6) is 0.572. The summed E-state index contributed by atoms with van der Waals surface area (Å²) in [6.45, 7) is 1.17. The lowest BCUT2D eigenvalue weighted by Crippen LogP contribution is -2.45. The van der Waals surface area contributed by atoms with Crippen molar-refractivity contribution in [3.8, 4) is 5.75 Å². The predicted octanol–water partition coefficient (Wildman–Crippen LogP) is 0.859. The number of amides is 1. The molecule has 1 atom stereocenters. The van der Waals surface area contributed by atoms with E-state index in [9.17, 15) is 9.59 Å². The fourth-order valence-electron chi connectivity index (χ4n) is 2.61. The summed E-state index contributed by atoms with van der Waals surface area (Å²) in [7, 11) is 1.53. The molecule has 1 aliphatic rings. The van der Waals surface area contributed by atoms with E-state index in [1.807, 2.05) is 0 Å². The quantitative estimate of drug-likeness (QED) is 0.840. The van der Waals surface area contributed by atoms with Gasteiger partial charge in [0.15, 0.2) is 0 Å². The Kier molecular flexibility index (Phi) is 4.36. The number of pyridine rings is 1. The number of aromatic nitrogens is 3. The van der Waals surface area contributed by atoms with Crippen molar-refractivity contribution in [1.29, 1.82) is 0 Å². The Bertz CT molecular complexity index is 744. The number of likely N-dealkylation sites (tertiary alicyclic amines) is 1. The molecule has 1 aliphatic heterocycles. The molecule has 2 aromatic heterocycles. The Hall–Kier alpha value is -2.70. The molecular formula is C16H18N4O3. The molecule has 0 spiro atoms. The van der Waals surface area contributed by atoms with Crippen molar-refractivity contribution in [2.45, 2.75) is 18.9 Å². The van der Waals surface area contributed by atoms with Gasteiger partial charge in [0, 0.05) is 32.1 Å². The molecule has 7 heteroatoms. The first-order valence-corrected chi connectivity index (χ1v) is 7.54. The molecule has 0 bridgehead atoms. The second-order valence-electron chi connectivity index (χ2n) is 5.50. The zero-order valence-electron chi connectivity index (χ0n) is 12.9. The second-order valence-corrected chi connectivity index (χ2v) is 5.50. The van der Waals surface area contributed by atoms with Crippen molar-refractivity contribution in [1.82, 2.24) is 19.7 Å². The van der Waals surface area contributed by atoms with Crippen LogP contribution in [0.3, 0.4) is 0 Å². The summed E-state index contributed by atoms with van der Waals surface area (Å²) in [4.78, 5) is 29.6. The molecule has 0 aromatic carbocycles. The van der Waals surface area contributed by atoms with Gasteiger partial charge in [0.25, 0.3) is 11.5 Å². The lowest BCUT2D eigenvalue weighted by molar-refractivity contribution is 0.0530. The van der Waals surface area contributed by atoms with Gasteiger partial charge >= 0.3 is 0 Å². The van der Waals surface area contributed by atoms with Crippen LogP contribution in [-0.2, 0) is 7.05 Å². The average molecular weight is 314 g/mol. The number of carbonyl (C=O) groups is 1. The number of ether oxygens (including phenoxy) is 1. The van der Waals surface area contributed by atoms with Gasteiger partial charge in [0.2, 0.25) is 0 Å². The molecule has 23 heavy (non-hydrogen) atoms. The highest BCUT2D eigenvalue weighted by Crippen LogP contribution is 2.18. The highest BCUT2D eigenvalue weighted by Gasteiger charge is 2.26. The Balaban J connectivity index is 1.69. The predicted molar refractivity (Wildman–Crippen MR) is 83.3 cm³/mol. The van der Waals surface area contributed by atoms with Gasteiger partial charge in [-0.25, -0.2) is 4.68 Å². The van der Waals surface area contributed by atoms with E-state index >= 15 is 0 Å². The van der Waals surface area contributed by atoms with Crippen LogP contribution < -0.4 is 10.3 Å². The fraction of sp³-hybridized carbons (Fsp3) is 0.375. The van der Waals surface area contributed by atoms with Crippen LogP contribution >= 0.6 is 0 Å². The van der Waals surface area contributed by atoms with E-state index in [0.29, 0.717) is 13.1 Å². The SMILES string of the molecule is Cn1nc(C(=O)N2CCC[C@@H](Oc3ccncc3)C2)ccc1=O. The Morgan fingerprint density at radius 1 is 1.26 bits per heavy atom.